The summed E-state index contributed by atoms with van der Waals surface area (Å²) in [6.45, 7) is 2.72. The van der Waals surface area contributed by atoms with E-state index in [0.717, 1.165) is 19.1 Å². The van der Waals surface area contributed by atoms with Crippen LogP contribution >= 0.6 is 22.9 Å². The zero-order valence-corrected chi connectivity index (χ0v) is 20.5. The van der Waals surface area contributed by atoms with Crippen molar-refractivity contribution >= 4 is 35.1 Å². The second-order valence-electron chi connectivity index (χ2n) is 7.46. The third-order valence-corrected chi connectivity index (χ3v) is 5.52. The third-order valence-electron chi connectivity index (χ3n) is 4.76. The van der Waals surface area contributed by atoms with Crippen LogP contribution in [0.25, 0.3) is 0 Å². The highest BCUT2D eigenvalue weighted by Gasteiger charge is 2.12. The number of hydrogen-bond acceptors (Lipinski definition) is 4. The maximum Gasteiger partial charge on any atom is 0.322 e. The van der Waals surface area contributed by atoms with Crippen molar-refractivity contribution in [1.82, 2.24) is 8.85 Å². The lowest BCUT2D eigenvalue weighted by molar-refractivity contribution is -0.138. The molecule has 0 aromatic heterocycles. The van der Waals surface area contributed by atoms with Crippen molar-refractivity contribution < 1.29 is 14.7 Å². The van der Waals surface area contributed by atoms with Crippen LogP contribution in [0.1, 0.15) is 110 Å². The van der Waals surface area contributed by atoms with Crippen molar-refractivity contribution in [2.24, 2.45) is 0 Å². The molecule has 1 unspecified atom stereocenters. The van der Waals surface area contributed by atoms with Gasteiger partial charge in [-0.2, -0.15) is 0 Å². The van der Waals surface area contributed by atoms with E-state index in [9.17, 15) is 9.59 Å². The molecular weight excluding hydrogens is 467 g/mol. The number of aliphatic carboxylic acids is 1. The van der Waals surface area contributed by atoms with Gasteiger partial charge in [0.25, 0.3) is 0 Å². The first-order valence-corrected chi connectivity index (χ1v) is 12.4. The van der Waals surface area contributed by atoms with E-state index in [1.165, 1.54) is 89.9 Å². The molecule has 0 saturated carbocycles. The Hall–Kier alpha value is -0.210. The first-order valence-electron chi connectivity index (χ1n) is 11.3. The molecule has 0 saturated heterocycles. The summed E-state index contributed by atoms with van der Waals surface area (Å²) in [5.41, 5.74) is 0. The molecular formula is C22H45IN2O3. The summed E-state index contributed by atoms with van der Waals surface area (Å²) in [6.07, 6.45) is 22.6. The molecule has 168 valence electrons. The lowest BCUT2D eigenvalue weighted by atomic mass is 10.0. The van der Waals surface area contributed by atoms with E-state index in [-0.39, 0.29) is 0 Å². The Balaban J connectivity index is 0. The normalized spacial score (nSPS) is 11.5. The Morgan fingerprint density at radius 1 is 0.857 bits per heavy atom. The Morgan fingerprint density at radius 3 is 1.50 bits per heavy atom. The molecule has 0 aliphatic rings. The average molecular weight is 513 g/mol. The fourth-order valence-electron chi connectivity index (χ4n) is 2.98. The number of carbonyl (C=O) groups excluding carboxylic acids is 1. The molecule has 0 bridgehead atoms. The first-order chi connectivity index (χ1) is 13.6. The summed E-state index contributed by atoms with van der Waals surface area (Å²) in [4.78, 5) is 20.4. The molecule has 0 rings (SSSR count). The van der Waals surface area contributed by atoms with Crippen LogP contribution in [0.2, 0.25) is 0 Å². The number of aldehydes is 1. The van der Waals surface area contributed by atoms with Gasteiger partial charge in [0.05, 0.1) is 0 Å². The smallest absolute Gasteiger partial charge is 0.322 e. The minimum absolute atomic E-state index is 0.443. The van der Waals surface area contributed by atoms with Gasteiger partial charge in [-0.25, -0.2) is 3.53 Å². The number of carboxylic acids is 1. The second-order valence-corrected chi connectivity index (χ2v) is 8.09. The van der Waals surface area contributed by atoms with Crippen molar-refractivity contribution in [3.05, 3.63) is 0 Å². The van der Waals surface area contributed by atoms with E-state index in [2.05, 4.69) is 15.8 Å². The Kier molecular flexibility index (Phi) is 28.7. The van der Waals surface area contributed by atoms with Gasteiger partial charge in [0.2, 0.25) is 0 Å². The van der Waals surface area contributed by atoms with Crippen molar-refractivity contribution in [2.45, 2.75) is 116 Å². The number of unbranched alkanes of at least 4 members (excludes halogenated alkanes) is 15. The molecule has 0 heterocycles. The van der Waals surface area contributed by atoms with E-state index in [4.69, 9.17) is 5.11 Å². The number of halogens is 1. The Labute approximate surface area is 187 Å². The number of carbonyl (C=O) groups is 2. The van der Waals surface area contributed by atoms with Gasteiger partial charge in [-0.1, -0.05) is 96.8 Å². The van der Waals surface area contributed by atoms with Gasteiger partial charge in [0, 0.05) is 35.8 Å². The van der Waals surface area contributed by atoms with Gasteiger partial charge < -0.3 is 15.2 Å². The zero-order valence-electron chi connectivity index (χ0n) is 18.3. The van der Waals surface area contributed by atoms with E-state index in [1.807, 2.05) is 22.9 Å². The number of nitrogens with one attached hydrogen (secondary N) is 2. The van der Waals surface area contributed by atoms with Crippen LogP contribution in [-0.2, 0) is 9.59 Å². The summed E-state index contributed by atoms with van der Waals surface area (Å²) in [7, 11) is 1.71. The molecule has 0 radical (unpaired) electrons. The minimum Gasteiger partial charge on any atom is -0.480 e. The van der Waals surface area contributed by atoms with Crippen molar-refractivity contribution in [2.75, 3.05) is 13.6 Å². The molecule has 0 aromatic rings. The largest absolute Gasteiger partial charge is 0.480 e. The molecule has 28 heavy (non-hydrogen) atoms. The SMILES string of the molecule is CCCCCCCCCCCCCCCCCC=O.CNCC(NI)C(=O)O. The summed E-state index contributed by atoms with van der Waals surface area (Å²) in [6, 6.07) is -0.490. The summed E-state index contributed by atoms with van der Waals surface area (Å²) < 4.78 is 2.61. The number of carboxylic acid groups (broad SMARTS) is 1. The fraction of sp³-hybridized carbons (Fsp3) is 0.909. The van der Waals surface area contributed by atoms with Crippen LogP contribution in [0.5, 0.6) is 0 Å². The maximum atomic E-state index is 10.2. The van der Waals surface area contributed by atoms with Crippen LogP contribution in [0, 0.1) is 0 Å². The van der Waals surface area contributed by atoms with Crippen LogP contribution in [0.15, 0.2) is 0 Å². The van der Waals surface area contributed by atoms with Gasteiger partial charge >= 0.3 is 5.97 Å². The van der Waals surface area contributed by atoms with Crippen molar-refractivity contribution in [3.8, 4) is 0 Å². The van der Waals surface area contributed by atoms with Crippen molar-refractivity contribution in [1.29, 1.82) is 0 Å². The predicted molar refractivity (Wildman–Crippen MR) is 128 cm³/mol. The van der Waals surface area contributed by atoms with E-state index in [1.54, 1.807) is 7.05 Å². The Bertz CT molecular complexity index is 331. The predicted octanol–water partition coefficient (Wildman–Crippen LogP) is 6.05. The lowest BCUT2D eigenvalue weighted by Gasteiger charge is -2.07. The van der Waals surface area contributed by atoms with Gasteiger partial charge in [-0.3, -0.25) is 4.79 Å². The van der Waals surface area contributed by atoms with Crippen LogP contribution in [-0.4, -0.2) is 37.0 Å². The molecule has 0 fully saturated rings. The van der Waals surface area contributed by atoms with Crippen LogP contribution in [0.3, 0.4) is 0 Å². The highest BCUT2D eigenvalue weighted by atomic mass is 127. The molecule has 0 aliphatic heterocycles. The Morgan fingerprint density at radius 2 is 1.25 bits per heavy atom. The highest BCUT2D eigenvalue weighted by Crippen LogP contribution is 2.13. The van der Waals surface area contributed by atoms with Crippen molar-refractivity contribution in [3.63, 3.8) is 0 Å². The summed E-state index contributed by atoms with van der Waals surface area (Å²) in [5.74, 6) is -0.834. The maximum absolute atomic E-state index is 10.2. The molecule has 0 spiro atoms. The topological polar surface area (TPSA) is 78.4 Å². The third kappa shape index (κ3) is 25.8. The quantitative estimate of drug-likeness (QED) is 0.0802. The van der Waals surface area contributed by atoms with E-state index in [0.29, 0.717) is 6.54 Å². The van der Waals surface area contributed by atoms with Crippen LogP contribution < -0.4 is 8.85 Å². The van der Waals surface area contributed by atoms with Gasteiger partial charge in [-0.05, 0) is 13.5 Å². The highest BCUT2D eigenvalue weighted by molar-refractivity contribution is 14.1. The number of rotatable bonds is 20. The first kappa shape index (κ1) is 30.0. The standard InChI is InChI=1S/C18H36O.C4H9IN2O2/c1-2-3-4-5-6-7-8-9-10-11-12-13-14-15-16-17-18-19;1-6-2-3(7-5)4(8)9/h18H,2-17H2,1H3;3,6-7H,2H2,1H3,(H,8,9). The molecule has 0 amide bonds. The number of hydrogen-bond donors (Lipinski definition) is 3. The summed E-state index contributed by atoms with van der Waals surface area (Å²) in [5, 5.41) is 11.1. The number of likely N-dealkylation sites (N-methyl/N-ethyl adjacent to an activating group) is 1. The molecule has 6 heteroatoms. The fourth-order valence-corrected chi connectivity index (χ4v) is 3.46. The lowest BCUT2D eigenvalue weighted by Crippen LogP contribution is -2.38. The molecule has 1 atom stereocenters. The van der Waals surface area contributed by atoms with E-state index >= 15 is 0 Å². The monoisotopic (exact) mass is 512 g/mol. The molecule has 0 aliphatic carbocycles. The summed E-state index contributed by atoms with van der Waals surface area (Å²) >= 11 is 1.82. The van der Waals surface area contributed by atoms with Gasteiger partial charge in [0.15, 0.2) is 0 Å². The van der Waals surface area contributed by atoms with Gasteiger partial charge in [0.1, 0.15) is 12.3 Å². The minimum atomic E-state index is -0.834. The average Bonchev–Trinajstić information content (AvgIpc) is 2.69. The molecule has 0 aromatic carbocycles. The van der Waals surface area contributed by atoms with Crippen LogP contribution in [0.4, 0.5) is 0 Å². The second kappa shape index (κ2) is 26.8. The molecule has 3 N–H and O–H groups in total. The zero-order chi connectivity index (χ0) is 21.3. The van der Waals surface area contributed by atoms with Gasteiger partial charge in [-0.15, -0.1) is 0 Å². The molecule has 5 nitrogen and oxygen atoms in total. The van der Waals surface area contributed by atoms with E-state index < -0.39 is 12.0 Å².